The van der Waals surface area contributed by atoms with Gasteiger partial charge in [0.25, 0.3) is 0 Å². The molecule has 1 N–H and O–H groups in total. The summed E-state index contributed by atoms with van der Waals surface area (Å²) in [5, 5.41) is 9.28. The Morgan fingerprint density at radius 1 is 0.872 bits per heavy atom. The number of carboxylic acid groups (broad SMARTS) is 1. The summed E-state index contributed by atoms with van der Waals surface area (Å²) in [5.41, 5.74) is 2.39. The predicted molar refractivity (Wildman–Crippen MR) is 168 cm³/mol. The van der Waals surface area contributed by atoms with Crippen LogP contribution in [0.2, 0.25) is 5.02 Å². The number of allylic oxidation sites excluding steroid dienone is 2. The van der Waals surface area contributed by atoms with Crippen LogP contribution in [0.4, 0.5) is 0 Å². The lowest BCUT2D eigenvalue weighted by Gasteiger charge is -2.19. The largest absolute Gasteiger partial charge is 0.481 e. The molecule has 0 amide bonds. The Morgan fingerprint density at radius 2 is 1.46 bits per heavy atom. The standard InChI is InChI=1S/C18H34O2.C16H19ClN2/c1-2-3-4-5-6-7-8-9-10-11-12-13-14-15-16-17-18(19)20;1-19(2)12-10-15(16-5-3-4-11-18-16)13-6-8-14(17)9-7-13/h9-10H,2-8,11-17H2,1H3,(H,19,20);3-9,11,15H,10,12H2,1-2H3/t;15-/m.1/s1. The Hall–Kier alpha value is -2.17. The van der Waals surface area contributed by atoms with Crippen molar-refractivity contribution in [1.82, 2.24) is 9.88 Å². The van der Waals surface area contributed by atoms with E-state index >= 15 is 0 Å². The number of nitrogens with zero attached hydrogens (tertiary/aromatic N) is 2. The quantitative estimate of drug-likeness (QED) is 0.130. The maximum Gasteiger partial charge on any atom is 0.303 e. The Kier molecular flexibility index (Phi) is 21.2. The molecule has 0 radical (unpaired) electrons. The van der Waals surface area contributed by atoms with Gasteiger partial charge in [-0.1, -0.05) is 100 Å². The van der Waals surface area contributed by atoms with Gasteiger partial charge in [0.15, 0.2) is 0 Å². The van der Waals surface area contributed by atoms with Gasteiger partial charge in [0, 0.05) is 29.3 Å². The number of carboxylic acids is 1. The van der Waals surface area contributed by atoms with E-state index in [1.165, 1.54) is 76.2 Å². The van der Waals surface area contributed by atoms with Gasteiger partial charge >= 0.3 is 5.97 Å². The SMILES string of the molecule is CCCCCCCCC=CCCCCCCCC(=O)O.CN(C)CC[C@H](c1ccc(Cl)cc1)c1ccccn1. The van der Waals surface area contributed by atoms with Crippen molar-refractivity contribution in [2.75, 3.05) is 20.6 Å². The van der Waals surface area contributed by atoms with Crippen LogP contribution < -0.4 is 0 Å². The van der Waals surface area contributed by atoms with Crippen LogP contribution in [-0.4, -0.2) is 41.6 Å². The molecule has 2 rings (SSSR count). The average molecular weight is 557 g/mol. The molecule has 0 spiro atoms. The summed E-state index contributed by atoms with van der Waals surface area (Å²) >= 11 is 5.97. The molecule has 0 unspecified atom stereocenters. The fourth-order valence-corrected chi connectivity index (χ4v) is 4.62. The average Bonchev–Trinajstić information content (AvgIpc) is 2.92. The van der Waals surface area contributed by atoms with E-state index in [4.69, 9.17) is 16.7 Å². The molecule has 0 saturated heterocycles. The number of benzene rings is 1. The maximum atomic E-state index is 10.3. The predicted octanol–water partition coefficient (Wildman–Crippen LogP) is 9.93. The number of pyridine rings is 1. The fourth-order valence-electron chi connectivity index (χ4n) is 4.50. The van der Waals surface area contributed by atoms with Crippen LogP contribution in [0.25, 0.3) is 0 Å². The van der Waals surface area contributed by atoms with Crippen LogP contribution in [0, 0.1) is 0 Å². The molecule has 0 aliphatic rings. The molecular weight excluding hydrogens is 504 g/mol. The van der Waals surface area contributed by atoms with Gasteiger partial charge in [-0.3, -0.25) is 9.78 Å². The van der Waals surface area contributed by atoms with Crippen LogP contribution in [0.15, 0.2) is 60.8 Å². The highest BCUT2D eigenvalue weighted by atomic mass is 35.5. The zero-order chi connectivity index (χ0) is 28.6. The summed E-state index contributed by atoms with van der Waals surface area (Å²) in [6.45, 7) is 3.29. The van der Waals surface area contributed by atoms with Crippen molar-refractivity contribution >= 4 is 17.6 Å². The minimum absolute atomic E-state index is 0.320. The fraction of sp³-hybridized carbons (Fsp3) is 0.588. The van der Waals surface area contributed by atoms with E-state index in [2.05, 4.69) is 61.3 Å². The van der Waals surface area contributed by atoms with Crippen LogP contribution in [0.3, 0.4) is 0 Å². The van der Waals surface area contributed by atoms with E-state index in [9.17, 15) is 4.79 Å². The van der Waals surface area contributed by atoms with Crippen molar-refractivity contribution in [3.63, 3.8) is 0 Å². The first kappa shape index (κ1) is 34.9. The highest BCUT2D eigenvalue weighted by Crippen LogP contribution is 2.27. The highest BCUT2D eigenvalue weighted by Gasteiger charge is 2.15. The van der Waals surface area contributed by atoms with Gasteiger partial charge in [-0.15, -0.1) is 0 Å². The maximum absolute atomic E-state index is 10.3. The lowest BCUT2D eigenvalue weighted by Crippen LogP contribution is -2.17. The van der Waals surface area contributed by atoms with Crippen molar-refractivity contribution in [2.24, 2.45) is 0 Å². The third-order valence-electron chi connectivity index (χ3n) is 6.83. The number of hydrogen-bond acceptors (Lipinski definition) is 3. The molecule has 2 aromatic rings. The van der Waals surface area contributed by atoms with Crippen LogP contribution in [0.1, 0.15) is 120 Å². The van der Waals surface area contributed by atoms with Crippen LogP contribution in [-0.2, 0) is 4.79 Å². The minimum atomic E-state index is -0.664. The first-order valence-corrected chi connectivity index (χ1v) is 15.5. The van der Waals surface area contributed by atoms with Gasteiger partial charge in [0.05, 0.1) is 0 Å². The first-order chi connectivity index (χ1) is 18.9. The Morgan fingerprint density at radius 3 is 2.00 bits per heavy atom. The number of aliphatic carboxylic acids is 1. The van der Waals surface area contributed by atoms with Crippen molar-refractivity contribution in [3.05, 3.63) is 77.1 Å². The molecule has 0 bridgehead atoms. The molecule has 0 aliphatic carbocycles. The third-order valence-corrected chi connectivity index (χ3v) is 7.09. The Bertz CT molecular complexity index is 869. The van der Waals surface area contributed by atoms with Gasteiger partial charge in [-0.25, -0.2) is 0 Å². The van der Waals surface area contributed by atoms with Crippen molar-refractivity contribution in [3.8, 4) is 0 Å². The summed E-state index contributed by atoms with van der Waals surface area (Å²) < 4.78 is 0. The summed E-state index contributed by atoms with van der Waals surface area (Å²) in [5.74, 6) is -0.344. The van der Waals surface area contributed by atoms with E-state index in [1.54, 1.807) is 0 Å². The van der Waals surface area contributed by atoms with E-state index in [1.807, 2.05) is 30.5 Å². The molecule has 1 aromatic carbocycles. The molecule has 1 aromatic heterocycles. The second-order valence-electron chi connectivity index (χ2n) is 10.7. The first-order valence-electron chi connectivity index (χ1n) is 15.1. The number of hydrogen-bond donors (Lipinski definition) is 1. The normalized spacial score (nSPS) is 11.9. The van der Waals surface area contributed by atoms with Crippen LogP contribution >= 0.6 is 11.6 Å². The molecule has 5 heteroatoms. The number of carbonyl (C=O) groups is 1. The van der Waals surface area contributed by atoms with Gasteiger partial charge in [-0.2, -0.15) is 0 Å². The van der Waals surface area contributed by atoms with Crippen molar-refractivity contribution in [2.45, 2.75) is 109 Å². The van der Waals surface area contributed by atoms with Gasteiger partial charge in [0.2, 0.25) is 0 Å². The molecule has 39 heavy (non-hydrogen) atoms. The molecule has 1 atom stereocenters. The van der Waals surface area contributed by atoms with E-state index in [-0.39, 0.29) is 0 Å². The number of aromatic nitrogens is 1. The summed E-state index contributed by atoms with van der Waals surface area (Å²) in [6.07, 6.45) is 24.1. The molecule has 0 saturated carbocycles. The van der Waals surface area contributed by atoms with Gasteiger partial charge in [0.1, 0.15) is 0 Å². The molecule has 0 aliphatic heterocycles. The third kappa shape index (κ3) is 19.5. The smallest absolute Gasteiger partial charge is 0.303 e. The second kappa shape index (κ2) is 23.7. The molecule has 4 nitrogen and oxygen atoms in total. The monoisotopic (exact) mass is 556 g/mol. The lowest BCUT2D eigenvalue weighted by molar-refractivity contribution is -0.137. The van der Waals surface area contributed by atoms with E-state index in [0.717, 1.165) is 36.5 Å². The topological polar surface area (TPSA) is 53.4 Å². The van der Waals surface area contributed by atoms with E-state index in [0.29, 0.717) is 12.3 Å². The van der Waals surface area contributed by atoms with Gasteiger partial charge < -0.3 is 10.0 Å². The zero-order valence-electron chi connectivity index (χ0n) is 24.8. The molecule has 218 valence electrons. The number of unbranched alkanes of at least 4 members (excludes halogenated alkanes) is 11. The Labute approximate surface area is 243 Å². The van der Waals surface area contributed by atoms with E-state index < -0.39 is 5.97 Å². The minimum Gasteiger partial charge on any atom is -0.481 e. The lowest BCUT2D eigenvalue weighted by atomic mass is 9.92. The van der Waals surface area contributed by atoms with Gasteiger partial charge in [-0.05, 0) is 89.0 Å². The summed E-state index contributed by atoms with van der Waals surface area (Å²) in [4.78, 5) is 17.0. The summed E-state index contributed by atoms with van der Waals surface area (Å²) in [6, 6.07) is 14.2. The molecular formula is C34H53ClN2O2. The molecule has 0 fully saturated rings. The summed E-state index contributed by atoms with van der Waals surface area (Å²) in [7, 11) is 4.19. The molecule has 1 heterocycles. The van der Waals surface area contributed by atoms with Crippen molar-refractivity contribution in [1.29, 1.82) is 0 Å². The number of halogens is 1. The Balaban J connectivity index is 0.000000390. The highest BCUT2D eigenvalue weighted by molar-refractivity contribution is 6.30. The van der Waals surface area contributed by atoms with Crippen LogP contribution in [0.5, 0.6) is 0 Å². The zero-order valence-corrected chi connectivity index (χ0v) is 25.5. The number of rotatable bonds is 20. The second-order valence-corrected chi connectivity index (χ2v) is 11.1. The van der Waals surface area contributed by atoms with Crippen molar-refractivity contribution < 1.29 is 9.90 Å².